The van der Waals surface area contributed by atoms with Gasteiger partial charge in [0.15, 0.2) is 11.6 Å². The third-order valence-electron chi connectivity index (χ3n) is 7.06. The van der Waals surface area contributed by atoms with Gasteiger partial charge in [-0.2, -0.15) is 0 Å². The fourth-order valence-corrected chi connectivity index (χ4v) is 5.88. The van der Waals surface area contributed by atoms with E-state index < -0.39 is 17.9 Å². The van der Waals surface area contributed by atoms with Crippen LogP contribution in [0, 0.1) is 32.5 Å². The molecule has 0 saturated carbocycles. The molecule has 4 aromatic rings. The summed E-state index contributed by atoms with van der Waals surface area (Å²) in [7, 11) is 0. The van der Waals surface area contributed by atoms with Crippen molar-refractivity contribution in [3.8, 4) is 5.00 Å². The van der Waals surface area contributed by atoms with E-state index >= 15 is 0 Å². The van der Waals surface area contributed by atoms with E-state index in [1.807, 2.05) is 35.8 Å². The normalized spacial score (nSPS) is 15.1. The zero-order valence-corrected chi connectivity index (χ0v) is 22.8. The Labute approximate surface area is 229 Å². The Morgan fingerprint density at radius 3 is 2.44 bits per heavy atom. The number of rotatable bonds is 8. The van der Waals surface area contributed by atoms with Gasteiger partial charge in [0.05, 0.1) is 11.6 Å². The number of carbonyl (C=O) groups is 2. The number of nitrogens with zero attached hydrogens (tertiary/aromatic N) is 4. The average Bonchev–Trinajstić information content (AvgIpc) is 3.38. The molecule has 0 amide bonds. The van der Waals surface area contributed by atoms with Crippen molar-refractivity contribution in [1.82, 2.24) is 14.8 Å². The fourth-order valence-electron chi connectivity index (χ4n) is 4.66. The molecule has 2 N–H and O–H groups in total. The molecule has 1 unspecified atom stereocenters. The zero-order chi connectivity index (χ0) is 27.8. The third kappa shape index (κ3) is 4.99. The number of benzene rings is 2. The van der Waals surface area contributed by atoms with Crippen molar-refractivity contribution in [1.29, 1.82) is 0 Å². The predicted molar refractivity (Wildman–Crippen MR) is 149 cm³/mol. The Morgan fingerprint density at radius 1 is 1.08 bits per heavy atom. The molecule has 3 heterocycles. The SMILES string of the molecule is Cc1sc2c(c1C)C(c1ccc(NCCC(=O)c3ccc(F)cc3)cc1)=N[C@@H](C(C)C(=O)O)c1nnc(C)n1-2. The van der Waals surface area contributed by atoms with Crippen LogP contribution >= 0.6 is 11.3 Å². The van der Waals surface area contributed by atoms with E-state index in [4.69, 9.17) is 4.99 Å². The lowest BCUT2D eigenvalue weighted by Crippen LogP contribution is -2.21. The summed E-state index contributed by atoms with van der Waals surface area (Å²) in [5.74, 6) is -1.00. The summed E-state index contributed by atoms with van der Waals surface area (Å²) < 4.78 is 15.1. The van der Waals surface area contributed by atoms with Crippen molar-refractivity contribution in [3.63, 3.8) is 0 Å². The molecule has 2 aromatic heterocycles. The number of aryl methyl sites for hydroxylation is 2. The van der Waals surface area contributed by atoms with E-state index in [9.17, 15) is 19.1 Å². The number of carboxylic acid groups (broad SMARTS) is 1. The van der Waals surface area contributed by atoms with Crippen LogP contribution in [0.4, 0.5) is 10.1 Å². The number of hydrogen-bond donors (Lipinski definition) is 2. The highest BCUT2D eigenvalue weighted by Gasteiger charge is 2.36. The number of ketones is 1. The van der Waals surface area contributed by atoms with Crippen LogP contribution < -0.4 is 5.32 Å². The molecule has 0 fully saturated rings. The number of carboxylic acids is 1. The zero-order valence-electron chi connectivity index (χ0n) is 22.0. The molecule has 8 nitrogen and oxygen atoms in total. The highest BCUT2D eigenvalue weighted by molar-refractivity contribution is 7.15. The Kier molecular flexibility index (Phi) is 7.14. The van der Waals surface area contributed by atoms with Crippen LogP contribution in [0.2, 0.25) is 0 Å². The van der Waals surface area contributed by atoms with Gasteiger partial charge in [0.25, 0.3) is 0 Å². The molecular weight excluding hydrogens is 517 g/mol. The molecule has 1 aliphatic rings. The molecule has 200 valence electrons. The molecule has 2 atom stereocenters. The van der Waals surface area contributed by atoms with Gasteiger partial charge in [-0.05, 0) is 69.7 Å². The topological polar surface area (TPSA) is 109 Å². The Bertz CT molecular complexity index is 1590. The third-order valence-corrected chi connectivity index (χ3v) is 8.25. The van der Waals surface area contributed by atoms with Gasteiger partial charge in [-0.25, -0.2) is 4.39 Å². The minimum Gasteiger partial charge on any atom is -0.481 e. The lowest BCUT2D eigenvalue weighted by molar-refractivity contribution is -0.141. The van der Waals surface area contributed by atoms with E-state index in [0.717, 1.165) is 32.3 Å². The number of aliphatic carboxylic acids is 1. The minimum atomic E-state index is -0.955. The first-order valence-electron chi connectivity index (χ1n) is 12.6. The van der Waals surface area contributed by atoms with Gasteiger partial charge >= 0.3 is 5.97 Å². The Hall–Kier alpha value is -4.18. The highest BCUT2D eigenvalue weighted by atomic mass is 32.1. The van der Waals surface area contributed by atoms with Gasteiger partial charge in [-0.3, -0.25) is 19.1 Å². The maximum absolute atomic E-state index is 13.1. The number of thiophene rings is 1. The summed E-state index contributed by atoms with van der Waals surface area (Å²) in [6, 6.07) is 12.6. The van der Waals surface area contributed by atoms with Gasteiger partial charge in [0.2, 0.25) is 0 Å². The lowest BCUT2D eigenvalue weighted by atomic mass is 9.98. The second-order valence-electron chi connectivity index (χ2n) is 9.64. The first-order valence-corrected chi connectivity index (χ1v) is 13.4. The number of aliphatic imine (C=N–C) groups is 1. The van der Waals surface area contributed by atoms with Crippen molar-refractivity contribution < 1.29 is 19.1 Å². The van der Waals surface area contributed by atoms with Crippen LogP contribution in [0.5, 0.6) is 0 Å². The van der Waals surface area contributed by atoms with Crippen molar-refractivity contribution >= 4 is 34.5 Å². The van der Waals surface area contributed by atoms with Gasteiger partial charge < -0.3 is 10.4 Å². The first-order chi connectivity index (χ1) is 18.7. The van der Waals surface area contributed by atoms with Crippen molar-refractivity contribution in [2.75, 3.05) is 11.9 Å². The van der Waals surface area contributed by atoms with Gasteiger partial charge in [0, 0.05) is 40.2 Å². The highest BCUT2D eigenvalue weighted by Crippen LogP contribution is 2.40. The molecule has 5 rings (SSSR count). The number of Topliss-reactive ketones (excluding diaryl/α,β-unsaturated/α-hetero) is 1. The van der Waals surface area contributed by atoms with Gasteiger partial charge in [-0.15, -0.1) is 21.5 Å². The van der Waals surface area contributed by atoms with Gasteiger partial charge in [0.1, 0.15) is 22.7 Å². The van der Waals surface area contributed by atoms with Gasteiger partial charge in [-0.1, -0.05) is 12.1 Å². The van der Waals surface area contributed by atoms with Crippen LogP contribution in [0.25, 0.3) is 5.00 Å². The van der Waals surface area contributed by atoms with E-state index in [1.165, 1.54) is 24.3 Å². The van der Waals surface area contributed by atoms with E-state index in [1.54, 1.807) is 18.3 Å². The molecule has 2 aromatic carbocycles. The summed E-state index contributed by atoms with van der Waals surface area (Å²) in [4.78, 5) is 30.6. The summed E-state index contributed by atoms with van der Waals surface area (Å²) in [6.07, 6.45) is 0.268. The molecule has 0 spiro atoms. The van der Waals surface area contributed by atoms with E-state index in [-0.39, 0.29) is 18.0 Å². The van der Waals surface area contributed by atoms with Crippen LogP contribution in [-0.2, 0) is 4.79 Å². The van der Waals surface area contributed by atoms with E-state index in [2.05, 4.69) is 29.4 Å². The van der Waals surface area contributed by atoms with Crippen molar-refractivity contribution in [3.05, 3.63) is 93.1 Å². The second kappa shape index (κ2) is 10.5. The largest absolute Gasteiger partial charge is 0.481 e. The average molecular weight is 546 g/mol. The van der Waals surface area contributed by atoms with Crippen molar-refractivity contribution in [2.24, 2.45) is 10.9 Å². The molecule has 0 radical (unpaired) electrons. The maximum atomic E-state index is 13.1. The predicted octanol–water partition coefficient (Wildman–Crippen LogP) is 5.69. The smallest absolute Gasteiger partial charge is 0.308 e. The molecule has 1 aliphatic heterocycles. The minimum absolute atomic E-state index is 0.0661. The molecule has 0 bridgehead atoms. The second-order valence-corrected chi connectivity index (χ2v) is 10.8. The van der Waals surface area contributed by atoms with Crippen LogP contribution in [0.1, 0.15) is 63.0 Å². The quantitative estimate of drug-likeness (QED) is 0.275. The first kappa shape index (κ1) is 26.4. The maximum Gasteiger partial charge on any atom is 0.308 e. The fraction of sp³-hybridized carbons (Fsp3) is 0.276. The van der Waals surface area contributed by atoms with Crippen LogP contribution in [0.15, 0.2) is 53.5 Å². The Balaban J connectivity index is 1.44. The van der Waals surface area contributed by atoms with E-state index in [0.29, 0.717) is 29.5 Å². The number of hydrogen-bond acceptors (Lipinski definition) is 7. The molecule has 0 saturated heterocycles. The number of aromatic nitrogens is 3. The molecular formula is C29H28FN5O3S. The standard InChI is InChI=1S/C29H28FN5O3S/c1-15-17(3)39-28-24(15)26(32-25(16(2)29(37)38)27-34-33-18(4)35(27)28)20-7-11-22(12-8-20)31-14-13-23(36)19-5-9-21(30)10-6-19/h5-12,16,25,31H,13-14H2,1-4H3,(H,37,38)/t16?,25-/m0/s1. The number of carbonyl (C=O) groups excluding carboxylic acids is 1. The molecule has 0 aliphatic carbocycles. The summed E-state index contributed by atoms with van der Waals surface area (Å²) in [5, 5.41) is 22.6. The number of fused-ring (bicyclic) bond motifs is 3. The Morgan fingerprint density at radius 2 is 1.77 bits per heavy atom. The monoisotopic (exact) mass is 545 g/mol. The number of halogens is 1. The molecule has 39 heavy (non-hydrogen) atoms. The van der Waals surface area contributed by atoms with Crippen molar-refractivity contribution in [2.45, 2.75) is 40.2 Å². The number of anilines is 1. The molecule has 10 heteroatoms. The van der Waals surface area contributed by atoms with Crippen LogP contribution in [0.3, 0.4) is 0 Å². The number of nitrogens with one attached hydrogen (secondary N) is 1. The lowest BCUT2D eigenvalue weighted by Gasteiger charge is -2.16. The summed E-state index contributed by atoms with van der Waals surface area (Å²) in [5.41, 5.74) is 4.91. The summed E-state index contributed by atoms with van der Waals surface area (Å²) >= 11 is 1.62. The summed E-state index contributed by atoms with van der Waals surface area (Å²) in [6.45, 7) is 8.03. The van der Waals surface area contributed by atoms with Crippen LogP contribution in [-0.4, -0.2) is 43.9 Å².